The van der Waals surface area contributed by atoms with E-state index in [0.717, 1.165) is 25.1 Å². The summed E-state index contributed by atoms with van der Waals surface area (Å²) in [6.45, 7) is 4.65. The van der Waals surface area contributed by atoms with E-state index in [1.807, 2.05) is 6.92 Å². The van der Waals surface area contributed by atoms with Crippen LogP contribution in [0.1, 0.15) is 36.5 Å². The number of halogens is 1. The molecule has 0 aromatic heterocycles. The second kappa shape index (κ2) is 10.7. The van der Waals surface area contributed by atoms with Gasteiger partial charge in [-0.2, -0.15) is 0 Å². The van der Waals surface area contributed by atoms with Gasteiger partial charge < -0.3 is 20.3 Å². The molecular weight excluding hydrogens is 475 g/mol. The Morgan fingerprint density at radius 3 is 2.80 bits per heavy atom. The highest BCUT2D eigenvalue weighted by molar-refractivity contribution is 7.89. The van der Waals surface area contributed by atoms with Gasteiger partial charge in [0.25, 0.3) is 5.91 Å². The van der Waals surface area contributed by atoms with Crippen molar-refractivity contribution in [1.29, 1.82) is 0 Å². The van der Waals surface area contributed by atoms with Crippen molar-refractivity contribution in [3.63, 3.8) is 0 Å². The van der Waals surface area contributed by atoms with E-state index in [1.165, 1.54) is 6.07 Å². The number of rotatable bonds is 2. The minimum absolute atomic E-state index is 0.0602. The van der Waals surface area contributed by atoms with E-state index >= 15 is 0 Å². The van der Waals surface area contributed by atoms with Gasteiger partial charge in [-0.1, -0.05) is 12.2 Å². The first-order valence-corrected chi connectivity index (χ1v) is 13.6. The summed E-state index contributed by atoms with van der Waals surface area (Å²) in [6.07, 6.45) is 5.17. The molecule has 3 atom stereocenters. The average molecular weight is 509 g/mol. The summed E-state index contributed by atoms with van der Waals surface area (Å²) in [5.74, 6) is -1.51. The number of hydrogen-bond acceptors (Lipinski definition) is 6. The molecule has 4 bridgehead atoms. The molecule has 3 heterocycles. The lowest BCUT2D eigenvalue weighted by Gasteiger charge is -2.36. The number of piperidine rings is 1. The first kappa shape index (κ1) is 25.7. The van der Waals surface area contributed by atoms with Gasteiger partial charge in [0.2, 0.25) is 15.9 Å². The number of sulfonamides is 1. The van der Waals surface area contributed by atoms with Crippen molar-refractivity contribution in [2.24, 2.45) is 11.3 Å². The molecule has 1 spiro atoms. The second-order valence-electron chi connectivity index (χ2n) is 9.41. The summed E-state index contributed by atoms with van der Waals surface area (Å²) < 4.78 is 48.3. The summed E-state index contributed by atoms with van der Waals surface area (Å²) in [5.41, 5.74) is -0.561. The van der Waals surface area contributed by atoms with Crippen LogP contribution in [0, 0.1) is 17.2 Å². The highest BCUT2D eigenvalue weighted by atomic mass is 32.2. The van der Waals surface area contributed by atoms with Gasteiger partial charge in [-0.3, -0.25) is 9.59 Å². The van der Waals surface area contributed by atoms with Crippen LogP contribution in [0.15, 0.2) is 35.2 Å². The van der Waals surface area contributed by atoms with Gasteiger partial charge in [0, 0.05) is 50.8 Å². The Morgan fingerprint density at radius 2 is 2.06 bits per heavy atom. The zero-order valence-corrected chi connectivity index (χ0v) is 20.7. The van der Waals surface area contributed by atoms with Gasteiger partial charge in [-0.05, 0) is 50.9 Å². The molecule has 3 aliphatic heterocycles. The highest BCUT2D eigenvalue weighted by Gasteiger charge is 2.41. The number of allylic oxidation sites excluding steroid dienone is 1. The van der Waals surface area contributed by atoms with E-state index in [1.54, 1.807) is 17.1 Å². The Morgan fingerprint density at radius 1 is 1.23 bits per heavy atom. The second-order valence-corrected chi connectivity index (χ2v) is 11.1. The number of fused-ring (bicyclic) bond motifs is 4. The van der Waals surface area contributed by atoms with Crippen LogP contribution < -0.4 is 15.4 Å². The van der Waals surface area contributed by atoms with Crippen LogP contribution in [0.4, 0.5) is 4.39 Å². The maximum Gasteiger partial charge on any atom is 0.254 e. The van der Waals surface area contributed by atoms with E-state index in [2.05, 4.69) is 15.4 Å². The molecule has 9 nitrogen and oxygen atoms in total. The van der Waals surface area contributed by atoms with Crippen molar-refractivity contribution >= 4 is 21.8 Å². The number of amides is 2. The molecule has 0 saturated carbocycles. The molecule has 2 saturated heterocycles. The number of nitrogens with one attached hydrogen (secondary N) is 3. The largest absolute Gasteiger partial charge is 0.376 e. The molecule has 192 valence electrons. The number of carbonyl (C=O) groups is 2. The molecule has 2 amide bonds. The maximum absolute atomic E-state index is 14.5. The fourth-order valence-corrected chi connectivity index (χ4v) is 6.18. The molecule has 4 rings (SSSR count). The number of benzene rings is 1. The minimum Gasteiger partial charge on any atom is -0.376 e. The Hall–Kier alpha value is -2.34. The average Bonchev–Trinajstić information content (AvgIpc) is 3.25. The summed E-state index contributed by atoms with van der Waals surface area (Å²) in [7, 11) is -4.19. The highest BCUT2D eigenvalue weighted by Crippen LogP contribution is 2.32. The van der Waals surface area contributed by atoms with Crippen LogP contribution in [-0.2, 0) is 19.6 Å². The van der Waals surface area contributed by atoms with Gasteiger partial charge in [-0.25, -0.2) is 17.5 Å². The summed E-state index contributed by atoms with van der Waals surface area (Å²) in [5, 5.41) is 6.41. The van der Waals surface area contributed by atoms with Crippen LogP contribution in [0.3, 0.4) is 0 Å². The van der Waals surface area contributed by atoms with E-state index in [4.69, 9.17) is 4.74 Å². The summed E-state index contributed by atoms with van der Waals surface area (Å²) >= 11 is 0. The fourth-order valence-electron chi connectivity index (χ4n) is 5.10. The first-order chi connectivity index (χ1) is 16.8. The molecule has 0 radical (unpaired) electrons. The molecule has 3 N–H and O–H groups in total. The van der Waals surface area contributed by atoms with Crippen LogP contribution >= 0.6 is 0 Å². The SMILES string of the molecule is CCO[C@@H]1CN2C[C@H]1CNC(=O)C1(C/C=C/CNS(=O)(=O)c3cc(ccc3F)C2=O)CCCNC1. The molecule has 35 heavy (non-hydrogen) atoms. The zero-order valence-electron chi connectivity index (χ0n) is 19.9. The van der Waals surface area contributed by atoms with Gasteiger partial charge in [0.15, 0.2) is 0 Å². The number of hydrogen-bond donors (Lipinski definition) is 3. The Labute approximate surface area is 205 Å². The molecule has 1 aromatic rings. The molecule has 2 fully saturated rings. The standard InChI is InChI=1S/C24H33FN4O5S/c1-2-34-20-15-29-14-18(20)13-27-23(31)24(9-5-10-26-16-24)8-3-4-11-28-35(32,33)21-12-17(22(29)30)6-7-19(21)25/h3-4,6-7,12,18,20,26,28H,2,5,8-11,13-16H2,1H3,(H,27,31)/b4-3+/t18-,20-,24?/m1/s1. The van der Waals surface area contributed by atoms with E-state index in [0.29, 0.717) is 45.6 Å². The predicted octanol–water partition coefficient (Wildman–Crippen LogP) is 1.03. The van der Waals surface area contributed by atoms with Gasteiger partial charge in [-0.15, -0.1) is 0 Å². The lowest BCUT2D eigenvalue weighted by molar-refractivity contribution is -0.132. The smallest absolute Gasteiger partial charge is 0.254 e. The van der Waals surface area contributed by atoms with E-state index in [-0.39, 0.29) is 30.0 Å². The molecule has 1 aromatic carbocycles. The Bertz CT molecular complexity index is 1090. The quantitative estimate of drug-likeness (QED) is 0.514. The molecular formula is C24H33FN4O5S. The van der Waals surface area contributed by atoms with Crippen LogP contribution in [0.25, 0.3) is 0 Å². The van der Waals surface area contributed by atoms with E-state index < -0.39 is 32.1 Å². The van der Waals surface area contributed by atoms with Crippen molar-refractivity contribution in [1.82, 2.24) is 20.3 Å². The Kier molecular flexibility index (Phi) is 7.89. The third kappa shape index (κ3) is 5.58. The fraction of sp³-hybridized carbons (Fsp3) is 0.583. The zero-order chi connectivity index (χ0) is 25.1. The number of nitrogens with zero attached hydrogens (tertiary/aromatic N) is 1. The van der Waals surface area contributed by atoms with Crippen molar-refractivity contribution in [3.8, 4) is 0 Å². The summed E-state index contributed by atoms with van der Waals surface area (Å²) in [6, 6.07) is 3.37. The van der Waals surface area contributed by atoms with Crippen molar-refractivity contribution < 1.29 is 27.1 Å². The Balaban J connectivity index is 1.67. The lowest BCUT2D eigenvalue weighted by atomic mass is 9.76. The van der Waals surface area contributed by atoms with E-state index in [9.17, 15) is 22.4 Å². The maximum atomic E-state index is 14.5. The first-order valence-electron chi connectivity index (χ1n) is 12.1. The molecule has 0 aliphatic carbocycles. The summed E-state index contributed by atoms with van der Waals surface area (Å²) in [4.78, 5) is 27.6. The molecule has 3 aliphatic rings. The third-order valence-corrected chi connectivity index (χ3v) is 8.50. The number of carbonyl (C=O) groups excluding carboxylic acids is 2. The molecule has 11 heteroatoms. The number of ether oxygens (including phenoxy) is 1. The van der Waals surface area contributed by atoms with Crippen LogP contribution in [0.5, 0.6) is 0 Å². The van der Waals surface area contributed by atoms with Crippen molar-refractivity contribution in [2.75, 3.05) is 45.9 Å². The minimum atomic E-state index is -4.19. The monoisotopic (exact) mass is 508 g/mol. The molecule has 1 unspecified atom stereocenters. The van der Waals surface area contributed by atoms with Crippen molar-refractivity contribution in [2.45, 2.75) is 37.2 Å². The normalized spacial score (nSPS) is 30.6. The van der Waals surface area contributed by atoms with Crippen LogP contribution in [-0.4, -0.2) is 77.1 Å². The van der Waals surface area contributed by atoms with Gasteiger partial charge in [0.05, 0.1) is 11.5 Å². The van der Waals surface area contributed by atoms with Crippen LogP contribution in [0.2, 0.25) is 0 Å². The topological polar surface area (TPSA) is 117 Å². The predicted molar refractivity (Wildman–Crippen MR) is 128 cm³/mol. The van der Waals surface area contributed by atoms with Gasteiger partial charge in [0.1, 0.15) is 10.7 Å². The lowest BCUT2D eigenvalue weighted by Crippen LogP contribution is -2.51. The third-order valence-electron chi connectivity index (χ3n) is 7.06. The van der Waals surface area contributed by atoms with Crippen molar-refractivity contribution in [3.05, 3.63) is 41.7 Å². The van der Waals surface area contributed by atoms with Gasteiger partial charge >= 0.3 is 0 Å².